The number of rotatable bonds is 4. The van der Waals surface area contributed by atoms with Gasteiger partial charge in [-0.2, -0.15) is 0 Å². The minimum Gasteiger partial charge on any atom is -0.492 e. The van der Waals surface area contributed by atoms with Crippen LogP contribution in [0.1, 0.15) is 48.0 Å². The summed E-state index contributed by atoms with van der Waals surface area (Å²) >= 11 is 0. The molecular formula is C23H29NO6. The Morgan fingerprint density at radius 1 is 1.17 bits per heavy atom. The number of terminal acetylenes is 1. The molecule has 2 saturated heterocycles. The van der Waals surface area contributed by atoms with Gasteiger partial charge in [0.1, 0.15) is 11.0 Å². The van der Waals surface area contributed by atoms with Crippen molar-refractivity contribution in [2.45, 2.75) is 70.6 Å². The summed E-state index contributed by atoms with van der Waals surface area (Å²) in [5.41, 5.74) is -4.39. The number of fused-ring (bicyclic) bond motifs is 2. The van der Waals surface area contributed by atoms with E-state index in [1.807, 2.05) is 41.5 Å². The third-order valence-electron chi connectivity index (χ3n) is 7.74. The highest BCUT2D eigenvalue weighted by Crippen LogP contribution is 2.77. The number of nitrogens with zero attached hydrogens (tertiary/aromatic N) is 1. The van der Waals surface area contributed by atoms with E-state index in [1.165, 1.54) is 12.1 Å². The summed E-state index contributed by atoms with van der Waals surface area (Å²) < 4.78 is 20.3. The topological polar surface area (TPSA) is 82.3 Å². The lowest BCUT2D eigenvalue weighted by Crippen LogP contribution is -2.68. The van der Waals surface area contributed by atoms with Gasteiger partial charge in [0.25, 0.3) is 0 Å². The lowest BCUT2D eigenvalue weighted by atomic mass is 9.48. The van der Waals surface area contributed by atoms with Crippen molar-refractivity contribution in [3.8, 4) is 24.1 Å². The molecule has 1 spiro atoms. The molecule has 3 aliphatic heterocycles. The Hall–Kier alpha value is -2.56. The van der Waals surface area contributed by atoms with Crippen LogP contribution in [0.5, 0.6) is 11.8 Å². The summed E-state index contributed by atoms with van der Waals surface area (Å²) in [7, 11) is 0. The summed E-state index contributed by atoms with van der Waals surface area (Å²) in [5.74, 6) is 1.46. The quantitative estimate of drug-likeness (QED) is 0.579. The monoisotopic (exact) mass is 415 g/mol. The summed E-state index contributed by atoms with van der Waals surface area (Å²) in [6.45, 7) is 15.8. The van der Waals surface area contributed by atoms with E-state index >= 15 is 0 Å². The maximum absolute atomic E-state index is 9.88. The first-order valence-electron chi connectivity index (χ1n) is 10.0. The van der Waals surface area contributed by atoms with Crippen LogP contribution in [0.25, 0.3) is 0 Å². The molecule has 0 amide bonds. The van der Waals surface area contributed by atoms with Crippen LogP contribution in [-0.2, 0) is 14.2 Å². The summed E-state index contributed by atoms with van der Waals surface area (Å²) in [5, 5.41) is 19.8. The molecule has 162 valence electrons. The first-order valence-corrected chi connectivity index (χ1v) is 10.0. The standard InChI is InChI=1S/C23H29NO6/c1-9-19(6)20(7,10-2)30-21(8)22(19,11-3)23(18(4,5)29-21)14-17(27-23)28-24-15(25)12-13-16(24)26/h1,11-14,25-26H,3,10H2,2,4-8H3. The molecule has 0 bridgehead atoms. The normalized spacial score (nSPS) is 43.3. The molecule has 7 nitrogen and oxygen atoms in total. The van der Waals surface area contributed by atoms with E-state index in [9.17, 15) is 10.2 Å². The molecule has 0 aliphatic carbocycles. The van der Waals surface area contributed by atoms with E-state index in [2.05, 4.69) is 12.5 Å². The predicted molar refractivity (Wildman–Crippen MR) is 109 cm³/mol. The Morgan fingerprint density at radius 3 is 2.20 bits per heavy atom. The van der Waals surface area contributed by atoms with Crippen LogP contribution in [-0.4, -0.2) is 37.5 Å². The fourth-order valence-electron chi connectivity index (χ4n) is 6.01. The van der Waals surface area contributed by atoms with Gasteiger partial charge in [0, 0.05) is 18.2 Å². The number of aromatic hydroxyl groups is 2. The van der Waals surface area contributed by atoms with E-state index in [0.29, 0.717) is 6.42 Å². The Kier molecular flexibility index (Phi) is 3.84. The Balaban J connectivity index is 1.89. The molecule has 0 aromatic carbocycles. The van der Waals surface area contributed by atoms with Gasteiger partial charge < -0.3 is 29.3 Å². The third-order valence-corrected chi connectivity index (χ3v) is 7.74. The molecule has 1 aromatic rings. The van der Waals surface area contributed by atoms with Gasteiger partial charge in [0.15, 0.2) is 11.4 Å². The highest BCUT2D eigenvalue weighted by molar-refractivity contribution is 5.46. The van der Waals surface area contributed by atoms with E-state index in [0.717, 1.165) is 4.73 Å². The average Bonchev–Trinajstić information content (AvgIpc) is 3.09. The van der Waals surface area contributed by atoms with Gasteiger partial charge in [-0.3, -0.25) is 0 Å². The molecule has 4 heterocycles. The van der Waals surface area contributed by atoms with Crippen LogP contribution in [0.4, 0.5) is 0 Å². The highest BCUT2D eigenvalue weighted by atomic mass is 16.8. The fourth-order valence-corrected chi connectivity index (χ4v) is 6.01. The maximum Gasteiger partial charge on any atom is 0.308 e. The number of aromatic nitrogens is 1. The van der Waals surface area contributed by atoms with E-state index in [-0.39, 0.29) is 17.7 Å². The van der Waals surface area contributed by atoms with Crippen LogP contribution < -0.4 is 4.84 Å². The molecule has 5 unspecified atom stereocenters. The molecule has 7 heteroatoms. The summed E-state index contributed by atoms with van der Waals surface area (Å²) in [6.07, 6.45) is 10.4. The molecule has 3 aliphatic rings. The Bertz CT molecular complexity index is 984. The number of hydrogen-bond acceptors (Lipinski definition) is 6. The second-order valence-electron chi connectivity index (χ2n) is 9.26. The molecular weight excluding hydrogens is 386 g/mol. The summed E-state index contributed by atoms with van der Waals surface area (Å²) in [6, 6.07) is 2.62. The minimum atomic E-state index is -1.11. The largest absolute Gasteiger partial charge is 0.492 e. The van der Waals surface area contributed by atoms with Crippen molar-refractivity contribution in [3.63, 3.8) is 0 Å². The van der Waals surface area contributed by atoms with Crippen molar-refractivity contribution in [1.29, 1.82) is 0 Å². The van der Waals surface area contributed by atoms with Gasteiger partial charge in [-0.25, -0.2) is 0 Å². The molecule has 0 radical (unpaired) electrons. The molecule has 4 rings (SSSR count). The van der Waals surface area contributed by atoms with Crippen molar-refractivity contribution >= 4 is 0 Å². The molecule has 2 N–H and O–H groups in total. The third kappa shape index (κ3) is 1.86. The lowest BCUT2D eigenvalue weighted by molar-refractivity contribution is -0.270. The van der Waals surface area contributed by atoms with E-state index < -0.39 is 33.4 Å². The molecule has 30 heavy (non-hydrogen) atoms. The Labute approximate surface area is 176 Å². The zero-order valence-electron chi connectivity index (χ0n) is 18.3. The van der Waals surface area contributed by atoms with Crippen molar-refractivity contribution in [2.75, 3.05) is 0 Å². The number of hydrogen-bond donors (Lipinski definition) is 2. The van der Waals surface area contributed by atoms with Gasteiger partial charge in [-0.15, -0.1) is 17.7 Å². The second kappa shape index (κ2) is 5.57. The van der Waals surface area contributed by atoms with Crippen molar-refractivity contribution in [1.82, 2.24) is 4.73 Å². The van der Waals surface area contributed by atoms with Crippen LogP contribution in [0.3, 0.4) is 0 Å². The van der Waals surface area contributed by atoms with Gasteiger partial charge in [-0.1, -0.05) is 18.9 Å². The molecule has 0 saturated carbocycles. The van der Waals surface area contributed by atoms with Crippen molar-refractivity contribution in [2.24, 2.45) is 10.8 Å². The maximum atomic E-state index is 9.88. The zero-order chi connectivity index (χ0) is 22.4. The zero-order valence-corrected chi connectivity index (χ0v) is 18.3. The smallest absolute Gasteiger partial charge is 0.308 e. The van der Waals surface area contributed by atoms with Gasteiger partial charge in [0.05, 0.1) is 11.0 Å². The molecule has 5 atom stereocenters. The minimum absolute atomic E-state index is 0.100. The van der Waals surface area contributed by atoms with Gasteiger partial charge in [0.2, 0.25) is 11.8 Å². The van der Waals surface area contributed by atoms with Crippen LogP contribution >= 0.6 is 0 Å². The SMILES string of the molecule is C#CC1(C)C(C)(CC)OC2(C)OC(C)(C)C3(C=C(On4c(O)ccc4O)O3)C21C=C. The number of ether oxygens (including phenoxy) is 3. The fraction of sp³-hybridized carbons (Fsp3) is 0.565. The summed E-state index contributed by atoms with van der Waals surface area (Å²) in [4.78, 5) is 5.56. The van der Waals surface area contributed by atoms with E-state index in [4.69, 9.17) is 25.5 Å². The van der Waals surface area contributed by atoms with E-state index in [1.54, 1.807) is 12.2 Å². The molecule has 1 aromatic heterocycles. The highest BCUT2D eigenvalue weighted by Gasteiger charge is 2.89. The lowest BCUT2D eigenvalue weighted by Gasteiger charge is -2.56. The first kappa shape index (κ1) is 20.7. The Morgan fingerprint density at radius 2 is 1.73 bits per heavy atom. The van der Waals surface area contributed by atoms with Crippen LogP contribution in [0.2, 0.25) is 0 Å². The van der Waals surface area contributed by atoms with Gasteiger partial charge in [-0.05, 0) is 41.0 Å². The van der Waals surface area contributed by atoms with Gasteiger partial charge >= 0.3 is 5.95 Å². The first-order chi connectivity index (χ1) is 13.8. The van der Waals surface area contributed by atoms with Crippen molar-refractivity contribution < 1.29 is 29.3 Å². The molecule has 2 fully saturated rings. The van der Waals surface area contributed by atoms with Crippen molar-refractivity contribution in [3.05, 3.63) is 36.8 Å². The van der Waals surface area contributed by atoms with Crippen LogP contribution in [0, 0.1) is 23.2 Å². The predicted octanol–water partition coefficient (Wildman–Crippen LogP) is 3.47. The van der Waals surface area contributed by atoms with Crippen LogP contribution in [0.15, 0.2) is 36.8 Å². The second-order valence-corrected chi connectivity index (χ2v) is 9.26. The average molecular weight is 415 g/mol.